The summed E-state index contributed by atoms with van der Waals surface area (Å²) in [5, 5.41) is 2.44. The molecule has 0 aromatic carbocycles. The van der Waals surface area contributed by atoms with Gasteiger partial charge in [0.15, 0.2) is 0 Å². The minimum Gasteiger partial charge on any atom is -0.480 e. The van der Waals surface area contributed by atoms with Crippen molar-refractivity contribution >= 4 is 39.3 Å². The van der Waals surface area contributed by atoms with Gasteiger partial charge in [-0.2, -0.15) is 0 Å². The normalized spacial score (nSPS) is 16.1. The van der Waals surface area contributed by atoms with E-state index in [1.165, 1.54) is 36.5 Å². The number of pyridine rings is 2. The summed E-state index contributed by atoms with van der Waals surface area (Å²) in [4.78, 5) is 46.6. The first-order valence-electron chi connectivity index (χ1n) is 9.98. The van der Waals surface area contributed by atoms with Crippen LogP contribution in [0.2, 0.25) is 0 Å². The first-order valence-corrected chi connectivity index (χ1v) is 11.9. The van der Waals surface area contributed by atoms with Crippen molar-refractivity contribution in [3.63, 3.8) is 0 Å². The fraction of sp³-hybridized carbons (Fsp3) is 0.350. The third kappa shape index (κ3) is 5.94. The molecule has 1 aliphatic heterocycles. The van der Waals surface area contributed by atoms with Gasteiger partial charge in [0.05, 0.1) is 31.3 Å². The standard InChI is InChI=1S/C20H24N6O6S/c1-32-19-14(17(21)27)9-13(11-23-19)24-18(28)20(29)26-8-4-3-5-15(26)12-6-7-16(22-10-12)25-33(2,30)31/h6-7,9-11,15H,3-5,8H2,1-2H3,(H2,21,27)(H,22,25)(H,24,28)/t15-/m0/s1. The number of methoxy groups -OCH3 is 1. The zero-order chi connectivity index (χ0) is 24.2. The van der Waals surface area contributed by atoms with E-state index in [1.54, 1.807) is 6.07 Å². The molecule has 13 heteroatoms. The number of nitrogens with one attached hydrogen (secondary N) is 2. The molecule has 0 aliphatic carbocycles. The van der Waals surface area contributed by atoms with Crippen molar-refractivity contribution < 1.29 is 27.5 Å². The van der Waals surface area contributed by atoms with Gasteiger partial charge in [-0.05, 0) is 37.0 Å². The van der Waals surface area contributed by atoms with Gasteiger partial charge in [-0.25, -0.2) is 18.4 Å². The maximum absolute atomic E-state index is 12.9. The fourth-order valence-corrected chi connectivity index (χ4v) is 4.05. The molecule has 2 aromatic heterocycles. The van der Waals surface area contributed by atoms with E-state index in [9.17, 15) is 22.8 Å². The van der Waals surface area contributed by atoms with Gasteiger partial charge < -0.3 is 20.7 Å². The molecule has 2 aromatic rings. The molecule has 1 aliphatic rings. The number of hydrogen-bond donors (Lipinski definition) is 3. The van der Waals surface area contributed by atoms with E-state index in [0.717, 1.165) is 19.1 Å². The average Bonchev–Trinajstić information content (AvgIpc) is 2.78. The molecule has 1 fully saturated rings. The molecule has 176 valence electrons. The van der Waals surface area contributed by atoms with E-state index in [4.69, 9.17) is 10.5 Å². The number of primary amides is 1. The number of rotatable bonds is 6. The summed E-state index contributed by atoms with van der Waals surface area (Å²) in [6.07, 6.45) is 5.95. The molecular formula is C20H24N6O6S. The van der Waals surface area contributed by atoms with Crippen molar-refractivity contribution in [2.45, 2.75) is 25.3 Å². The van der Waals surface area contributed by atoms with Gasteiger partial charge in [0.1, 0.15) is 11.4 Å². The molecule has 0 unspecified atom stereocenters. The summed E-state index contributed by atoms with van der Waals surface area (Å²) in [7, 11) is -2.14. The second kappa shape index (κ2) is 9.81. The molecule has 0 radical (unpaired) electrons. The van der Waals surface area contributed by atoms with Gasteiger partial charge in [0, 0.05) is 12.7 Å². The molecule has 0 spiro atoms. The molecule has 3 rings (SSSR count). The van der Waals surface area contributed by atoms with Crippen molar-refractivity contribution in [2.75, 3.05) is 29.9 Å². The van der Waals surface area contributed by atoms with E-state index < -0.39 is 33.8 Å². The highest BCUT2D eigenvalue weighted by atomic mass is 32.2. The van der Waals surface area contributed by atoms with Crippen LogP contribution in [0.5, 0.6) is 5.88 Å². The van der Waals surface area contributed by atoms with Crippen LogP contribution in [-0.2, 0) is 19.6 Å². The van der Waals surface area contributed by atoms with Crippen LogP contribution >= 0.6 is 0 Å². The molecule has 1 atom stereocenters. The van der Waals surface area contributed by atoms with Crippen LogP contribution < -0.4 is 20.5 Å². The summed E-state index contributed by atoms with van der Waals surface area (Å²) in [5.41, 5.74) is 6.07. The van der Waals surface area contributed by atoms with E-state index in [-0.39, 0.29) is 22.9 Å². The van der Waals surface area contributed by atoms with Crippen molar-refractivity contribution in [3.8, 4) is 5.88 Å². The quantitative estimate of drug-likeness (QED) is 0.509. The Balaban J connectivity index is 1.76. The summed E-state index contributed by atoms with van der Waals surface area (Å²) in [5.74, 6) is -2.28. The topological polar surface area (TPSA) is 174 Å². The molecular weight excluding hydrogens is 452 g/mol. The third-order valence-corrected chi connectivity index (χ3v) is 5.57. The Morgan fingerprint density at radius 2 is 1.94 bits per heavy atom. The van der Waals surface area contributed by atoms with Crippen LogP contribution in [0, 0.1) is 0 Å². The number of amides is 3. The Labute approximate surface area is 190 Å². The Hall–Kier alpha value is -3.74. The smallest absolute Gasteiger partial charge is 0.313 e. The highest BCUT2D eigenvalue weighted by molar-refractivity contribution is 7.92. The maximum atomic E-state index is 12.9. The van der Waals surface area contributed by atoms with Gasteiger partial charge in [-0.1, -0.05) is 6.07 Å². The largest absolute Gasteiger partial charge is 0.480 e. The Kier molecular flexibility index (Phi) is 7.11. The summed E-state index contributed by atoms with van der Waals surface area (Å²) >= 11 is 0. The number of likely N-dealkylation sites (tertiary alicyclic amines) is 1. The van der Waals surface area contributed by atoms with Gasteiger partial charge in [-0.3, -0.25) is 19.1 Å². The number of aromatic nitrogens is 2. The lowest BCUT2D eigenvalue weighted by Crippen LogP contribution is -2.44. The van der Waals surface area contributed by atoms with Crippen LogP contribution in [0.3, 0.4) is 0 Å². The lowest BCUT2D eigenvalue weighted by atomic mass is 9.96. The summed E-state index contributed by atoms with van der Waals surface area (Å²) < 4.78 is 30.0. The van der Waals surface area contributed by atoms with Gasteiger partial charge in [0.25, 0.3) is 5.91 Å². The Morgan fingerprint density at radius 1 is 1.18 bits per heavy atom. The fourth-order valence-electron chi connectivity index (χ4n) is 3.55. The number of nitrogens with zero attached hydrogens (tertiary/aromatic N) is 3. The first kappa shape index (κ1) is 23.9. The number of ether oxygens (including phenoxy) is 1. The molecule has 4 N–H and O–H groups in total. The molecule has 3 heterocycles. The van der Waals surface area contributed by atoms with E-state index in [0.29, 0.717) is 18.5 Å². The number of sulfonamides is 1. The second-order valence-electron chi connectivity index (χ2n) is 7.46. The first-order chi connectivity index (χ1) is 15.6. The highest BCUT2D eigenvalue weighted by Crippen LogP contribution is 2.31. The van der Waals surface area contributed by atoms with Crippen LogP contribution in [0.4, 0.5) is 11.5 Å². The highest BCUT2D eigenvalue weighted by Gasteiger charge is 2.32. The zero-order valence-corrected chi connectivity index (χ0v) is 18.9. The van der Waals surface area contributed by atoms with Crippen molar-refractivity contribution in [1.29, 1.82) is 0 Å². The molecule has 12 nitrogen and oxygen atoms in total. The number of carbonyl (C=O) groups excluding carboxylic acids is 3. The summed E-state index contributed by atoms with van der Waals surface area (Å²) in [6.45, 7) is 0.369. The van der Waals surface area contributed by atoms with Crippen LogP contribution in [0.1, 0.15) is 41.2 Å². The minimum absolute atomic E-state index is 0.00392. The number of piperidine rings is 1. The van der Waals surface area contributed by atoms with Crippen molar-refractivity contribution in [1.82, 2.24) is 14.9 Å². The minimum atomic E-state index is -3.46. The lowest BCUT2D eigenvalue weighted by Gasteiger charge is -2.35. The molecule has 33 heavy (non-hydrogen) atoms. The van der Waals surface area contributed by atoms with Crippen LogP contribution in [0.25, 0.3) is 0 Å². The van der Waals surface area contributed by atoms with E-state index >= 15 is 0 Å². The van der Waals surface area contributed by atoms with E-state index in [1.807, 2.05) is 0 Å². The van der Waals surface area contributed by atoms with Gasteiger partial charge >= 0.3 is 11.8 Å². The number of hydrogen-bond acceptors (Lipinski definition) is 8. The number of nitrogens with two attached hydrogens (primary N) is 1. The zero-order valence-electron chi connectivity index (χ0n) is 18.1. The number of carbonyl (C=O) groups is 3. The van der Waals surface area contributed by atoms with Gasteiger partial charge in [0.2, 0.25) is 15.9 Å². The predicted octanol–water partition coefficient (Wildman–Crippen LogP) is 0.648. The second-order valence-corrected chi connectivity index (χ2v) is 9.21. The molecule has 0 bridgehead atoms. The summed E-state index contributed by atoms with van der Waals surface area (Å²) in [6, 6.07) is 4.06. The number of anilines is 2. The van der Waals surface area contributed by atoms with E-state index in [2.05, 4.69) is 20.0 Å². The Bertz CT molecular complexity index is 1170. The van der Waals surface area contributed by atoms with Gasteiger partial charge in [-0.15, -0.1) is 0 Å². The van der Waals surface area contributed by atoms with Crippen LogP contribution in [-0.4, -0.2) is 60.9 Å². The average molecular weight is 477 g/mol. The molecule has 1 saturated heterocycles. The third-order valence-electron chi connectivity index (χ3n) is 4.99. The molecule has 3 amide bonds. The predicted molar refractivity (Wildman–Crippen MR) is 119 cm³/mol. The van der Waals surface area contributed by atoms with Crippen molar-refractivity contribution in [2.24, 2.45) is 5.73 Å². The molecule has 0 saturated carbocycles. The maximum Gasteiger partial charge on any atom is 0.313 e. The SMILES string of the molecule is COc1ncc(NC(=O)C(=O)N2CCCC[C@H]2c2ccc(NS(C)(=O)=O)nc2)cc1C(N)=O. The lowest BCUT2D eigenvalue weighted by molar-refractivity contribution is -0.145. The Morgan fingerprint density at radius 3 is 2.55 bits per heavy atom. The van der Waals surface area contributed by atoms with Crippen molar-refractivity contribution in [3.05, 3.63) is 41.7 Å². The monoisotopic (exact) mass is 476 g/mol. The van der Waals surface area contributed by atoms with Crippen LogP contribution in [0.15, 0.2) is 30.6 Å².